The highest BCUT2D eigenvalue weighted by molar-refractivity contribution is 5.95. The molecule has 3 amide bonds. The van der Waals surface area contributed by atoms with E-state index in [1.165, 1.54) is 0 Å². The van der Waals surface area contributed by atoms with Gasteiger partial charge < -0.3 is 10.2 Å². The fraction of sp³-hybridized carbons (Fsp3) is 0.579. The second kappa shape index (κ2) is 6.11. The lowest BCUT2D eigenvalue weighted by molar-refractivity contribution is -0.135. The van der Waals surface area contributed by atoms with Crippen LogP contribution in [0.4, 0.5) is 4.79 Å². The summed E-state index contributed by atoms with van der Waals surface area (Å²) in [6, 6.07) is 9.40. The predicted octanol–water partition coefficient (Wildman–Crippen LogP) is 3.02. The molecule has 1 fully saturated rings. The van der Waals surface area contributed by atoms with Gasteiger partial charge in [0.05, 0.1) is 0 Å². The third-order valence-corrected chi connectivity index (χ3v) is 4.89. The summed E-state index contributed by atoms with van der Waals surface area (Å²) in [5.41, 5.74) is -0.427. The minimum absolute atomic E-state index is 0.0350. The van der Waals surface area contributed by atoms with E-state index in [9.17, 15) is 9.59 Å². The van der Waals surface area contributed by atoms with Crippen LogP contribution in [0.1, 0.15) is 40.2 Å². The van der Waals surface area contributed by atoms with Gasteiger partial charge in [0.1, 0.15) is 6.17 Å². The van der Waals surface area contributed by atoms with Gasteiger partial charge in [0.2, 0.25) is 0 Å². The van der Waals surface area contributed by atoms with E-state index >= 15 is 0 Å². The van der Waals surface area contributed by atoms with Gasteiger partial charge in [0.25, 0.3) is 5.91 Å². The van der Waals surface area contributed by atoms with Gasteiger partial charge in [-0.1, -0.05) is 65.0 Å². The molecule has 132 valence electrons. The van der Waals surface area contributed by atoms with Crippen molar-refractivity contribution < 1.29 is 9.59 Å². The molecular formula is C19H29N3O2. The maximum Gasteiger partial charge on any atom is 0.319 e. The molecule has 2 rings (SSSR count). The third-order valence-electron chi connectivity index (χ3n) is 4.89. The number of carbonyl (C=O) groups is 2. The molecule has 1 saturated heterocycles. The SMILES string of the molecule is CNC(=O)N1C(C(C)(C)C)N(C)C(=O)C1(c1ccccc1)C(C)C. The van der Waals surface area contributed by atoms with E-state index < -0.39 is 5.54 Å². The van der Waals surface area contributed by atoms with Gasteiger partial charge in [-0.25, -0.2) is 4.79 Å². The molecule has 1 aromatic carbocycles. The number of hydrogen-bond acceptors (Lipinski definition) is 2. The molecule has 24 heavy (non-hydrogen) atoms. The molecule has 1 aliphatic rings. The van der Waals surface area contributed by atoms with Crippen LogP contribution in [0.15, 0.2) is 30.3 Å². The van der Waals surface area contributed by atoms with Crippen LogP contribution in [0.25, 0.3) is 0 Å². The van der Waals surface area contributed by atoms with Crippen molar-refractivity contribution >= 4 is 11.9 Å². The van der Waals surface area contributed by atoms with Gasteiger partial charge in [0, 0.05) is 19.5 Å². The standard InChI is InChI=1S/C19H29N3O2/c1-13(2)19(14-11-9-8-10-12-14)16(23)21(7)15(18(3,4)5)22(19)17(24)20-6/h8-13,15H,1-7H3,(H,20,24). The van der Waals surface area contributed by atoms with E-state index in [-0.39, 0.29) is 29.4 Å². The monoisotopic (exact) mass is 331 g/mol. The minimum atomic E-state index is -1.01. The van der Waals surface area contributed by atoms with E-state index in [1.54, 1.807) is 23.9 Å². The number of carbonyl (C=O) groups excluding carboxylic acids is 2. The molecule has 0 saturated carbocycles. The van der Waals surface area contributed by atoms with Crippen LogP contribution in [0.3, 0.4) is 0 Å². The van der Waals surface area contributed by atoms with E-state index in [2.05, 4.69) is 26.1 Å². The summed E-state index contributed by atoms with van der Waals surface area (Å²) in [7, 11) is 3.40. The smallest absolute Gasteiger partial charge is 0.319 e. The number of rotatable bonds is 2. The Hall–Kier alpha value is -2.04. The zero-order valence-corrected chi connectivity index (χ0v) is 15.8. The van der Waals surface area contributed by atoms with Crippen LogP contribution in [0.5, 0.6) is 0 Å². The first kappa shape index (κ1) is 18.3. The third kappa shape index (κ3) is 2.46. The topological polar surface area (TPSA) is 52.7 Å². The summed E-state index contributed by atoms with van der Waals surface area (Å²) in [4.78, 5) is 29.8. The summed E-state index contributed by atoms with van der Waals surface area (Å²) in [5.74, 6) is -0.105. The van der Waals surface area contributed by atoms with Gasteiger partial charge >= 0.3 is 6.03 Å². The highest BCUT2D eigenvalue weighted by Crippen LogP contribution is 2.48. The summed E-state index contributed by atoms with van der Waals surface area (Å²) < 4.78 is 0. The van der Waals surface area contributed by atoms with E-state index in [1.807, 2.05) is 44.2 Å². The Morgan fingerprint density at radius 1 is 1.21 bits per heavy atom. The predicted molar refractivity (Wildman–Crippen MR) is 95.3 cm³/mol. The van der Waals surface area contributed by atoms with Gasteiger partial charge in [-0.15, -0.1) is 0 Å². The lowest BCUT2D eigenvalue weighted by atomic mass is 9.78. The molecule has 5 nitrogen and oxygen atoms in total. The zero-order chi connectivity index (χ0) is 18.3. The van der Waals surface area contributed by atoms with E-state index in [0.29, 0.717) is 0 Å². The van der Waals surface area contributed by atoms with Crippen molar-refractivity contribution in [3.63, 3.8) is 0 Å². The average molecular weight is 331 g/mol. The van der Waals surface area contributed by atoms with Crippen LogP contribution in [0.2, 0.25) is 0 Å². The molecule has 0 bridgehead atoms. The lowest BCUT2D eigenvalue weighted by Gasteiger charge is -2.44. The molecule has 0 aromatic heterocycles. The van der Waals surface area contributed by atoms with Crippen LogP contribution >= 0.6 is 0 Å². The average Bonchev–Trinajstić information content (AvgIpc) is 2.76. The fourth-order valence-electron chi connectivity index (χ4n) is 4.02. The first-order chi connectivity index (χ1) is 11.1. The van der Waals surface area contributed by atoms with Crippen molar-refractivity contribution in [2.24, 2.45) is 11.3 Å². The van der Waals surface area contributed by atoms with Crippen molar-refractivity contribution in [1.29, 1.82) is 0 Å². The number of nitrogens with one attached hydrogen (secondary N) is 1. The van der Waals surface area contributed by atoms with Gasteiger partial charge in [-0.2, -0.15) is 0 Å². The van der Waals surface area contributed by atoms with Crippen LogP contribution < -0.4 is 5.32 Å². The highest BCUT2D eigenvalue weighted by Gasteiger charge is 2.63. The van der Waals surface area contributed by atoms with Crippen molar-refractivity contribution in [2.75, 3.05) is 14.1 Å². The number of urea groups is 1. The molecule has 2 unspecified atom stereocenters. The van der Waals surface area contributed by atoms with Gasteiger partial charge in [-0.3, -0.25) is 9.69 Å². The summed E-state index contributed by atoms with van der Waals surface area (Å²) >= 11 is 0. The normalized spacial score (nSPS) is 24.7. The van der Waals surface area contributed by atoms with Crippen molar-refractivity contribution in [2.45, 2.75) is 46.3 Å². The lowest BCUT2D eigenvalue weighted by Crippen LogP contribution is -2.59. The summed E-state index contributed by atoms with van der Waals surface area (Å²) in [6.45, 7) is 10.2. The van der Waals surface area contributed by atoms with Crippen LogP contribution in [-0.2, 0) is 10.3 Å². The van der Waals surface area contributed by atoms with E-state index in [4.69, 9.17) is 0 Å². The molecule has 0 spiro atoms. The molecule has 5 heteroatoms. The fourth-order valence-corrected chi connectivity index (χ4v) is 4.02. The molecule has 1 N–H and O–H groups in total. The highest BCUT2D eigenvalue weighted by atomic mass is 16.2. The maximum absolute atomic E-state index is 13.5. The quantitative estimate of drug-likeness (QED) is 0.905. The van der Waals surface area contributed by atoms with Crippen LogP contribution in [-0.4, -0.2) is 42.0 Å². The first-order valence-corrected chi connectivity index (χ1v) is 8.44. The number of benzene rings is 1. The molecule has 0 radical (unpaired) electrons. The van der Waals surface area contributed by atoms with Gasteiger partial charge in [-0.05, 0) is 11.5 Å². The second-order valence-electron chi connectivity index (χ2n) is 7.87. The summed E-state index contributed by atoms with van der Waals surface area (Å²) in [5, 5.41) is 2.74. The second-order valence-corrected chi connectivity index (χ2v) is 7.87. The Labute approximate surface area is 145 Å². The van der Waals surface area contributed by atoms with Gasteiger partial charge in [0.15, 0.2) is 5.54 Å². The van der Waals surface area contributed by atoms with Crippen LogP contribution in [0, 0.1) is 11.3 Å². The Kier molecular flexibility index (Phi) is 4.66. The van der Waals surface area contributed by atoms with Crippen molar-refractivity contribution in [3.8, 4) is 0 Å². The molecule has 1 aromatic rings. The molecular weight excluding hydrogens is 302 g/mol. The Morgan fingerprint density at radius 3 is 2.17 bits per heavy atom. The Morgan fingerprint density at radius 2 is 1.75 bits per heavy atom. The number of amides is 3. The number of nitrogens with zero attached hydrogens (tertiary/aromatic N) is 2. The molecule has 0 aliphatic carbocycles. The molecule has 2 atom stereocenters. The molecule has 1 heterocycles. The Balaban J connectivity index is 2.80. The number of likely N-dealkylation sites (N-methyl/N-ethyl adjacent to an activating group) is 1. The van der Waals surface area contributed by atoms with Crippen molar-refractivity contribution in [3.05, 3.63) is 35.9 Å². The Bertz CT molecular complexity index is 621. The zero-order valence-electron chi connectivity index (χ0n) is 15.8. The van der Waals surface area contributed by atoms with Crippen molar-refractivity contribution in [1.82, 2.24) is 15.1 Å². The number of hydrogen-bond donors (Lipinski definition) is 1. The van der Waals surface area contributed by atoms with E-state index in [0.717, 1.165) is 5.56 Å². The minimum Gasteiger partial charge on any atom is -0.341 e. The first-order valence-electron chi connectivity index (χ1n) is 8.44. The maximum atomic E-state index is 13.5. The largest absolute Gasteiger partial charge is 0.341 e. The summed E-state index contributed by atoms with van der Waals surface area (Å²) in [6.07, 6.45) is -0.326. The molecule has 1 aliphatic heterocycles.